The zero-order valence-corrected chi connectivity index (χ0v) is 24.9. The first-order valence-electron chi connectivity index (χ1n) is 14.5. The van der Waals surface area contributed by atoms with E-state index in [-0.39, 0.29) is 10.9 Å². The smallest absolute Gasteiger partial charge is 0.243 e. The van der Waals surface area contributed by atoms with Crippen molar-refractivity contribution < 1.29 is 13.5 Å². The minimum absolute atomic E-state index is 0.0735. The molecule has 0 bridgehead atoms. The molecule has 0 spiro atoms. The van der Waals surface area contributed by atoms with Crippen LogP contribution in [0.25, 0.3) is 0 Å². The van der Waals surface area contributed by atoms with Gasteiger partial charge in [0.2, 0.25) is 10.0 Å². The number of benzene rings is 3. The third-order valence-electron chi connectivity index (χ3n) is 9.13. The first kappa shape index (κ1) is 29.3. The van der Waals surface area contributed by atoms with Crippen LogP contribution >= 0.6 is 11.6 Å². The van der Waals surface area contributed by atoms with E-state index in [9.17, 15) is 13.5 Å². The minimum Gasteiger partial charge on any atom is -0.390 e. The second-order valence-corrected chi connectivity index (χ2v) is 14.2. The molecule has 2 aliphatic rings. The summed E-state index contributed by atoms with van der Waals surface area (Å²) < 4.78 is 28.5. The number of likely N-dealkylation sites (tertiary alicyclic amines) is 1. The normalized spacial score (nSPS) is 23.4. The van der Waals surface area contributed by atoms with Crippen LogP contribution in [0.15, 0.2) is 89.8 Å². The number of piperidine rings is 1. The molecule has 1 aliphatic heterocycles. The number of hydrogen-bond donors (Lipinski definition) is 1. The zero-order chi connectivity index (χ0) is 28.2. The van der Waals surface area contributed by atoms with Crippen molar-refractivity contribution >= 4 is 21.6 Å². The second kappa shape index (κ2) is 12.7. The Balaban J connectivity index is 1.22. The van der Waals surface area contributed by atoms with Crippen LogP contribution in [0.3, 0.4) is 0 Å². The van der Waals surface area contributed by atoms with Gasteiger partial charge in [0.05, 0.1) is 10.5 Å². The Morgan fingerprint density at radius 3 is 2.20 bits per heavy atom. The van der Waals surface area contributed by atoms with Crippen LogP contribution in [0.5, 0.6) is 0 Å². The number of sulfonamides is 1. The molecule has 2 fully saturated rings. The summed E-state index contributed by atoms with van der Waals surface area (Å²) in [6.07, 6.45) is 6.03. The zero-order valence-electron chi connectivity index (χ0n) is 23.3. The lowest BCUT2D eigenvalue weighted by Crippen LogP contribution is -2.46. The molecule has 7 heteroatoms. The predicted molar refractivity (Wildman–Crippen MR) is 162 cm³/mol. The summed E-state index contributed by atoms with van der Waals surface area (Å²) in [4.78, 5) is 2.77. The standard InChI is InChI=1S/C33H41ClN2O3S/c1-35(40(38,39)31-16-14-29(34)15-17-31)30-23-28(32(24-30)27-12-6-3-7-13-27)25-36-21-19-33(37,20-22-36)18-8-11-26-9-4-2-5-10-26/h2-7,9-10,12-17,28,30,32,37H,8,11,18-25H2,1H3/t28-,30?,32?/m1/s1. The molecular formula is C33H41ClN2O3S. The molecule has 1 saturated carbocycles. The average molecular weight is 581 g/mol. The Morgan fingerprint density at radius 1 is 0.925 bits per heavy atom. The van der Waals surface area contributed by atoms with Crippen molar-refractivity contribution in [3.05, 3.63) is 101 Å². The predicted octanol–water partition coefficient (Wildman–Crippen LogP) is 6.37. The summed E-state index contributed by atoms with van der Waals surface area (Å²) in [5.41, 5.74) is 2.02. The molecule has 40 heavy (non-hydrogen) atoms. The van der Waals surface area contributed by atoms with Crippen molar-refractivity contribution in [3.8, 4) is 0 Å². The molecule has 1 heterocycles. The second-order valence-electron chi connectivity index (χ2n) is 11.7. The Hall–Kier alpha value is -2.22. The topological polar surface area (TPSA) is 60.9 Å². The first-order valence-corrected chi connectivity index (χ1v) is 16.3. The SMILES string of the molecule is CN(C1CC(c2ccccc2)[C@@H](CN2CCC(O)(CCCc3ccccc3)CC2)C1)S(=O)(=O)c1ccc(Cl)cc1. The molecule has 1 aliphatic carbocycles. The van der Waals surface area contributed by atoms with Crippen LogP contribution in [0.2, 0.25) is 5.02 Å². The average Bonchev–Trinajstić information content (AvgIpc) is 3.39. The summed E-state index contributed by atoms with van der Waals surface area (Å²) in [5, 5.41) is 11.8. The molecule has 5 nitrogen and oxygen atoms in total. The lowest BCUT2D eigenvalue weighted by molar-refractivity contribution is -0.0318. The van der Waals surface area contributed by atoms with Gasteiger partial charge in [0.15, 0.2) is 0 Å². The van der Waals surface area contributed by atoms with Gasteiger partial charge in [0.25, 0.3) is 0 Å². The van der Waals surface area contributed by atoms with Gasteiger partial charge >= 0.3 is 0 Å². The Morgan fingerprint density at radius 2 is 1.55 bits per heavy atom. The van der Waals surface area contributed by atoms with E-state index in [0.29, 0.717) is 16.9 Å². The van der Waals surface area contributed by atoms with Gasteiger partial charge in [-0.25, -0.2) is 8.42 Å². The Bertz CT molecular complexity index is 1330. The molecule has 3 atom stereocenters. The van der Waals surface area contributed by atoms with Crippen molar-refractivity contribution in [2.75, 3.05) is 26.7 Å². The monoisotopic (exact) mass is 580 g/mol. The lowest BCUT2D eigenvalue weighted by atomic mass is 9.84. The van der Waals surface area contributed by atoms with Gasteiger partial charge in [-0.1, -0.05) is 72.3 Å². The Labute approximate surface area is 244 Å². The molecule has 1 N–H and O–H groups in total. The molecule has 1 saturated heterocycles. The van der Waals surface area contributed by atoms with E-state index < -0.39 is 15.6 Å². The highest BCUT2D eigenvalue weighted by molar-refractivity contribution is 7.89. The summed E-state index contributed by atoms with van der Waals surface area (Å²) in [5.74, 6) is 0.639. The van der Waals surface area contributed by atoms with Gasteiger partial charge in [-0.05, 0) is 92.2 Å². The quantitative estimate of drug-likeness (QED) is 0.303. The molecule has 3 aromatic rings. The lowest BCUT2D eigenvalue weighted by Gasteiger charge is -2.40. The molecule has 5 rings (SSSR count). The van der Waals surface area contributed by atoms with Gasteiger partial charge in [-0.15, -0.1) is 0 Å². The van der Waals surface area contributed by atoms with Gasteiger partial charge in [0.1, 0.15) is 0 Å². The molecule has 214 valence electrons. The fourth-order valence-corrected chi connectivity index (χ4v) is 8.17. The summed E-state index contributed by atoms with van der Waals surface area (Å²) in [7, 11) is -1.90. The van der Waals surface area contributed by atoms with Crippen LogP contribution in [0, 0.1) is 5.92 Å². The molecule has 0 aromatic heterocycles. The summed E-state index contributed by atoms with van der Waals surface area (Å²) in [6.45, 7) is 2.68. The maximum absolute atomic E-state index is 13.5. The molecule has 0 radical (unpaired) electrons. The van der Waals surface area contributed by atoms with E-state index in [2.05, 4.69) is 53.4 Å². The summed E-state index contributed by atoms with van der Waals surface area (Å²) >= 11 is 6.01. The van der Waals surface area contributed by atoms with E-state index in [0.717, 1.165) is 64.6 Å². The van der Waals surface area contributed by atoms with E-state index in [1.807, 2.05) is 12.1 Å². The fourth-order valence-electron chi connectivity index (χ4n) is 6.67. The van der Waals surface area contributed by atoms with E-state index in [1.165, 1.54) is 11.1 Å². The molecule has 2 unspecified atom stereocenters. The maximum Gasteiger partial charge on any atom is 0.243 e. The number of hydrogen-bond acceptors (Lipinski definition) is 4. The maximum atomic E-state index is 13.5. The largest absolute Gasteiger partial charge is 0.390 e. The van der Waals surface area contributed by atoms with Crippen molar-refractivity contribution in [2.24, 2.45) is 5.92 Å². The highest BCUT2D eigenvalue weighted by Gasteiger charge is 2.42. The van der Waals surface area contributed by atoms with Gasteiger partial charge in [-0.2, -0.15) is 4.31 Å². The van der Waals surface area contributed by atoms with Gasteiger partial charge < -0.3 is 10.0 Å². The van der Waals surface area contributed by atoms with E-state index in [4.69, 9.17) is 11.6 Å². The van der Waals surface area contributed by atoms with Gasteiger partial charge in [-0.3, -0.25) is 0 Å². The number of halogens is 1. The van der Waals surface area contributed by atoms with Crippen molar-refractivity contribution in [3.63, 3.8) is 0 Å². The Kier molecular flexibility index (Phi) is 9.33. The highest BCUT2D eigenvalue weighted by atomic mass is 35.5. The molecule has 0 amide bonds. The minimum atomic E-state index is -3.62. The van der Waals surface area contributed by atoms with Crippen LogP contribution in [-0.4, -0.2) is 61.1 Å². The number of aryl methyl sites for hydroxylation is 1. The van der Waals surface area contributed by atoms with E-state index >= 15 is 0 Å². The fraction of sp³-hybridized carbons (Fsp3) is 0.455. The number of nitrogens with zero attached hydrogens (tertiary/aromatic N) is 2. The summed E-state index contributed by atoms with van der Waals surface area (Å²) in [6, 6.07) is 27.4. The number of rotatable bonds is 10. The third-order valence-corrected chi connectivity index (χ3v) is 11.3. The van der Waals surface area contributed by atoms with Crippen LogP contribution < -0.4 is 0 Å². The molecule has 3 aromatic carbocycles. The first-order chi connectivity index (χ1) is 19.2. The molecular weight excluding hydrogens is 540 g/mol. The van der Waals surface area contributed by atoms with Crippen LogP contribution in [-0.2, 0) is 16.4 Å². The van der Waals surface area contributed by atoms with Crippen LogP contribution in [0.4, 0.5) is 0 Å². The van der Waals surface area contributed by atoms with Crippen LogP contribution in [0.1, 0.15) is 55.6 Å². The van der Waals surface area contributed by atoms with Gasteiger partial charge in [0, 0.05) is 37.7 Å². The highest BCUT2D eigenvalue weighted by Crippen LogP contribution is 2.43. The number of aliphatic hydroxyl groups is 1. The van der Waals surface area contributed by atoms with Crippen molar-refractivity contribution in [2.45, 2.75) is 67.4 Å². The third kappa shape index (κ3) is 6.97. The van der Waals surface area contributed by atoms with Crippen molar-refractivity contribution in [1.29, 1.82) is 0 Å². The van der Waals surface area contributed by atoms with E-state index in [1.54, 1.807) is 35.6 Å². The van der Waals surface area contributed by atoms with Crippen molar-refractivity contribution in [1.82, 2.24) is 9.21 Å².